The van der Waals surface area contributed by atoms with Crippen molar-refractivity contribution in [1.29, 1.82) is 0 Å². The minimum Gasteiger partial charge on any atom is -0.476 e. The van der Waals surface area contributed by atoms with Crippen LogP contribution < -0.4 is 0 Å². The molecule has 0 aliphatic rings. The predicted octanol–water partition coefficient (Wildman–Crippen LogP) is 1.68. The molecule has 0 saturated carbocycles. The number of imidazole rings is 1. The third-order valence-electron chi connectivity index (χ3n) is 3.16. The number of nitrogens with zero attached hydrogens (tertiary/aromatic N) is 5. The summed E-state index contributed by atoms with van der Waals surface area (Å²) in [6.45, 7) is 0.555. The summed E-state index contributed by atoms with van der Waals surface area (Å²) >= 11 is 1.63. The van der Waals surface area contributed by atoms with Crippen LogP contribution in [0.4, 0.5) is 0 Å². The van der Waals surface area contributed by atoms with Gasteiger partial charge in [-0.05, 0) is 28.8 Å². The number of rotatable bonds is 5. The van der Waals surface area contributed by atoms with E-state index in [1.165, 1.54) is 5.56 Å². The molecule has 3 heterocycles. The summed E-state index contributed by atoms with van der Waals surface area (Å²) in [5, 5.41) is 21.1. The van der Waals surface area contributed by atoms with Gasteiger partial charge in [0.2, 0.25) is 5.69 Å². The molecule has 3 aromatic heterocycles. The molecule has 0 aliphatic heterocycles. The minimum absolute atomic E-state index is 0.0744. The molecule has 0 radical (unpaired) electrons. The van der Waals surface area contributed by atoms with Crippen molar-refractivity contribution < 1.29 is 9.90 Å². The molecular formula is C13H13N5O2S. The fourth-order valence-electron chi connectivity index (χ4n) is 2.10. The van der Waals surface area contributed by atoms with Crippen LogP contribution in [0.2, 0.25) is 0 Å². The van der Waals surface area contributed by atoms with Gasteiger partial charge in [-0.3, -0.25) is 0 Å². The second-order valence-electron chi connectivity index (χ2n) is 4.56. The number of aromatic carboxylic acids is 1. The number of hydrogen-bond acceptors (Lipinski definition) is 5. The van der Waals surface area contributed by atoms with E-state index >= 15 is 0 Å². The van der Waals surface area contributed by atoms with Crippen molar-refractivity contribution in [3.8, 4) is 11.5 Å². The number of carboxylic acid groups (broad SMARTS) is 1. The minimum atomic E-state index is -1.10. The van der Waals surface area contributed by atoms with Gasteiger partial charge in [-0.25, -0.2) is 14.5 Å². The molecule has 3 rings (SSSR count). The summed E-state index contributed by atoms with van der Waals surface area (Å²) in [6, 6.07) is 2.04. The molecule has 3 aromatic rings. The highest BCUT2D eigenvalue weighted by Gasteiger charge is 2.23. The lowest BCUT2D eigenvalue weighted by atomic mass is 10.2. The van der Waals surface area contributed by atoms with Crippen LogP contribution in [0.1, 0.15) is 16.1 Å². The Hall–Kier alpha value is -2.48. The van der Waals surface area contributed by atoms with Crippen LogP contribution in [0, 0.1) is 0 Å². The zero-order chi connectivity index (χ0) is 14.8. The maximum absolute atomic E-state index is 11.3. The SMILES string of the molecule is Cn1ccnc1-c1c(C(=O)O)nnn1CCc1ccsc1. The molecule has 0 aromatic carbocycles. The molecule has 0 aliphatic carbocycles. The summed E-state index contributed by atoms with van der Waals surface area (Å²) < 4.78 is 3.36. The van der Waals surface area contributed by atoms with Crippen molar-refractivity contribution in [3.63, 3.8) is 0 Å². The van der Waals surface area contributed by atoms with Crippen molar-refractivity contribution >= 4 is 17.3 Å². The Morgan fingerprint density at radius 2 is 2.33 bits per heavy atom. The maximum Gasteiger partial charge on any atom is 0.358 e. The number of aromatic nitrogens is 5. The first kappa shape index (κ1) is 13.5. The Balaban J connectivity index is 1.97. The quantitative estimate of drug-likeness (QED) is 0.775. The number of hydrogen-bond donors (Lipinski definition) is 1. The van der Waals surface area contributed by atoms with E-state index in [2.05, 4.69) is 20.7 Å². The molecule has 1 N–H and O–H groups in total. The van der Waals surface area contributed by atoms with E-state index in [4.69, 9.17) is 0 Å². The molecule has 21 heavy (non-hydrogen) atoms. The Bertz CT molecular complexity index is 759. The Labute approximate surface area is 124 Å². The van der Waals surface area contributed by atoms with Crippen LogP contribution in [-0.2, 0) is 20.0 Å². The van der Waals surface area contributed by atoms with E-state index in [1.807, 2.05) is 18.5 Å². The second-order valence-corrected chi connectivity index (χ2v) is 5.34. The van der Waals surface area contributed by atoms with Gasteiger partial charge in [0.1, 0.15) is 5.69 Å². The lowest BCUT2D eigenvalue weighted by Gasteiger charge is -2.06. The van der Waals surface area contributed by atoms with E-state index in [-0.39, 0.29) is 5.69 Å². The number of carboxylic acids is 1. The van der Waals surface area contributed by atoms with Gasteiger partial charge < -0.3 is 9.67 Å². The van der Waals surface area contributed by atoms with Crippen LogP contribution in [0.25, 0.3) is 11.5 Å². The van der Waals surface area contributed by atoms with Gasteiger partial charge in [0.25, 0.3) is 0 Å². The van der Waals surface area contributed by atoms with E-state index in [0.29, 0.717) is 18.1 Å². The molecule has 0 amide bonds. The number of aryl methyl sites for hydroxylation is 3. The average molecular weight is 303 g/mol. The zero-order valence-electron chi connectivity index (χ0n) is 11.3. The van der Waals surface area contributed by atoms with Crippen LogP contribution >= 0.6 is 11.3 Å². The van der Waals surface area contributed by atoms with E-state index in [0.717, 1.165) is 6.42 Å². The third kappa shape index (κ3) is 2.57. The Kier molecular flexibility index (Phi) is 3.53. The van der Waals surface area contributed by atoms with Crippen LogP contribution in [0.5, 0.6) is 0 Å². The molecule has 8 heteroatoms. The summed E-state index contributed by atoms with van der Waals surface area (Å²) in [4.78, 5) is 15.5. The van der Waals surface area contributed by atoms with Gasteiger partial charge in [0.15, 0.2) is 5.82 Å². The van der Waals surface area contributed by atoms with Crippen molar-refractivity contribution in [2.24, 2.45) is 7.05 Å². The van der Waals surface area contributed by atoms with Crippen LogP contribution in [0.3, 0.4) is 0 Å². The topological polar surface area (TPSA) is 85.8 Å². The fourth-order valence-corrected chi connectivity index (χ4v) is 2.80. The molecular weight excluding hydrogens is 290 g/mol. The molecule has 0 unspecified atom stereocenters. The normalized spacial score (nSPS) is 10.9. The van der Waals surface area contributed by atoms with Gasteiger partial charge in [-0.1, -0.05) is 5.21 Å². The largest absolute Gasteiger partial charge is 0.476 e. The monoisotopic (exact) mass is 303 g/mol. The molecule has 0 saturated heterocycles. The lowest BCUT2D eigenvalue weighted by Crippen LogP contribution is -2.09. The number of thiophene rings is 1. The summed E-state index contributed by atoms with van der Waals surface area (Å²) in [6.07, 6.45) is 4.15. The average Bonchev–Trinajstić information content (AvgIpc) is 3.15. The first-order valence-corrected chi connectivity index (χ1v) is 7.26. The molecule has 0 bridgehead atoms. The predicted molar refractivity (Wildman–Crippen MR) is 77.2 cm³/mol. The number of carbonyl (C=O) groups is 1. The van der Waals surface area contributed by atoms with E-state index < -0.39 is 5.97 Å². The Morgan fingerprint density at radius 3 is 2.95 bits per heavy atom. The highest BCUT2D eigenvalue weighted by molar-refractivity contribution is 7.07. The molecule has 0 fully saturated rings. The summed E-state index contributed by atoms with van der Waals surface area (Å²) in [7, 11) is 1.81. The molecule has 7 nitrogen and oxygen atoms in total. The van der Waals surface area contributed by atoms with E-state index in [1.54, 1.807) is 33.0 Å². The van der Waals surface area contributed by atoms with Crippen LogP contribution in [-0.4, -0.2) is 35.6 Å². The summed E-state index contributed by atoms with van der Waals surface area (Å²) in [5.74, 6) is -0.558. The van der Waals surface area contributed by atoms with Crippen molar-refractivity contribution in [1.82, 2.24) is 24.5 Å². The van der Waals surface area contributed by atoms with Crippen molar-refractivity contribution in [2.75, 3.05) is 0 Å². The zero-order valence-corrected chi connectivity index (χ0v) is 12.1. The summed E-state index contributed by atoms with van der Waals surface area (Å²) in [5.41, 5.74) is 1.55. The lowest BCUT2D eigenvalue weighted by molar-refractivity contribution is 0.0691. The smallest absolute Gasteiger partial charge is 0.358 e. The first-order valence-electron chi connectivity index (χ1n) is 6.32. The van der Waals surface area contributed by atoms with Gasteiger partial charge in [0, 0.05) is 26.0 Å². The van der Waals surface area contributed by atoms with Gasteiger partial charge in [-0.15, -0.1) is 5.10 Å². The third-order valence-corrected chi connectivity index (χ3v) is 3.90. The molecule has 0 spiro atoms. The van der Waals surface area contributed by atoms with Gasteiger partial charge >= 0.3 is 5.97 Å². The molecule has 0 atom stereocenters. The molecule has 108 valence electrons. The highest BCUT2D eigenvalue weighted by atomic mass is 32.1. The fraction of sp³-hybridized carbons (Fsp3) is 0.231. The Morgan fingerprint density at radius 1 is 1.48 bits per heavy atom. The second kappa shape index (κ2) is 5.49. The maximum atomic E-state index is 11.3. The van der Waals surface area contributed by atoms with Gasteiger partial charge in [-0.2, -0.15) is 11.3 Å². The van der Waals surface area contributed by atoms with Crippen molar-refractivity contribution in [2.45, 2.75) is 13.0 Å². The van der Waals surface area contributed by atoms with Gasteiger partial charge in [0.05, 0.1) is 0 Å². The standard InChI is InChI=1S/C13H13N5O2S/c1-17-6-4-14-12(17)11-10(13(19)20)15-16-18(11)5-2-9-3-7-21-8-9/h3-4,6-8H,2,5H2,1H3,(H,19,20). The van der Waals surface area contributed by atoms with Crippen LogP contribution in [0.15, 0.2) is 29.2 Å². The first-order chi connectivity index (χ1) is 10.2. The highest BCUT2D eigenvalue weighted by Crippen LogP contribution is 2.20. The van der Waals surface area contributed by atoms with Crippen molar-refractivity contribution in [3.05, 3.63) is 40.5 Å². The van der Waals surface area contributed by atoms with E-state index in [9.17, 15) is 9.90 Å².